The molecule has 0 amide bonds. The number of hydrogen-bond donors (Lipinski definition) is 1. The summed E-state index contributed by atoms with van der Waals surface area (Å²) in [6.07, 6.45) is 3.92. The smallest absolute Gasteiger partial charge is 0.129 e. The third kappa shape index (κ3) is 1.31. The van der Waals surface area contributed by atoms with E-state index in [1.54, 1.807) is 0 Å². The molecule has 0 aliphatic carbocycles. The van der Waals surface area contributed by atoms with Gasteiger partial charge in [-0.25, -0.2) is 4.39 Å². The molecule has 0 atom stereocenters. The van der Waals surface area contributed by atoms with Crippen molar-refractivity contribution in [2.45, 2.75) is 6.92 Å². The molecule has 2 heteroatoms. The SMILES string of the molecule is CC1=C(CF)NCC=C1. The highest BCUT2D eigenvalue weighted by Crippen LogP contribution is 2.06. The van der Waals surface area contributed by atoms with Crippen LogP contribution in [0.1, 0.15) is 6.92 Å². The summed E-state index contributed by atoms with van der Waals surface area (Å²) in [7, 11) is 0. The minimum absolute atomic E-state index is 0.379. The molecule has 50 valence electrons. The molecule has 1 aliphatic heterocycles. The molecule has 0 unspecified atom stereocenters. The van der Waals surface area contributed by atoms with Gasteiger partial charge < -0.3 is 5.32 Å². The van der Waals surface area contributed by atoms with Crippen LogP contribution in [0.25, 0.3) is 0 Å². The summed E-state index contributed by atoms with van der Waals surface area (Å²) in [5.41, 5.74) is 1.72. The number of rotatable bonds is 1. The number of nitrogens with one attached hydrogen (secondary N) is 1. The minimum Gasteiger partial charge on any atom is -0.383 e. The molecule has 0 fully saturated rings. The standard InChI is InChI=1S/C7H10FN/c1-6-3-2-4-9-7(6)5-8/h2-3,9H,4-5H2,1H3. The predicted molar refractivity (Wildman–Crippen MR) is 35.8 cm³/mol. The number of hydrogen-bond acceptors (Lipinski definition) is 1. The van der Waals surface area contributed by atoms with Crippen molar-refractivity contribution >= 4 is 0 Å². The average molecular weight is 127 g/mol. The Balaban J connectivity index is 2.72. The molecular formula is C7H10FN. The van der Waals surface area contributed by atoms with Crippen molar-refractivity contribution in [3.63, 3.8) is 0 Å². The van der Waals surface area contributed by atoms with E-state index in [1.165, 1.54) is 0 Å². The molecule has 0 saturated carbocycles. The fourth-order valence-electron chi connectivity index (χ4n) is 0.810. The van der Waals surface area contributed by atoms with Gasteiger partial charge in [-0.2, -0.15) is 0 Å². The third-order valence-electron chi connectivity index (χ3n) is 1.41. The van der Waals surface area contributed by atoms with Crippen molar-refractivity contribution in [2.24, 2.45) is 0 Å². The van der Waals surface area contributed by atoms with Gasteiger partial charge in [-0.05, 0) is 12.5 Å². The lowest BCUT2D eigenvalue weighted by Crippen LogP contribution is -2.18. The van der Waals surface area contributed by atoms with Gasteiger partial charge in [0.25, 0.3) is 0 Å². The van der Waals surface area contributed by atoms with Crippen molar-refractivity contribution in [2.75, 3.05) is 13.2 Å². The molecule has 0 aromatic rings. The lowest BCUT2D eigenvalue weighted by atomic mass is 10.2. The summed E-state index contributed by atoms with van der Waals surface area (Å²) in [5.74, 6) is 0. The number of dihydropyridines is 1. The molecule has 1 heterocycles. The number of alkyl halides is 1. The molecule has 1 N–H and O–H groups in total. The van der Waals surface area contributed by atoms with Crippen LogP contribution >= 0.6 is 0 Å². The van der Waals surface area contributed by atoms with E-state index >= 15 is 0 Å². The Labute approximate surface area is 54.3 Å². The molecule has 1 aliphatic rings. The van der Waals surface area contributed by atoms with Crippen molar-refractivity contribution in [3.05, 3.63) is 23.4 Å². The highest BCUT2D eigenvalue weighted by Gasteiger charge is 2.00. The molecule has 0 bridgehead atoms. The maximum atomic E-state index is 12.0. The Bertz CT molecular complexity index is 158. The van der Waals surface area contributed by atoms with E-state index in [0.717, 1.165) is 17.8 Å². The van der Waals surface area contributed by atoms with Crippen molar-refractivity contribution in [3.8, 4) is 0 Å². The van der Waals surface area contributed by atoms with Gasteiger partial charge in [0.05, 0.1) is 0 Å². The van der Waals surface area contributed by atoms with Crippen LogP contribution in [0.5, 0.6) is 0 Å². The first-order valence-electron chi connectivity index (χ1n) is 3.00. The van der Waals surface area contributed by atoms with E-state index in [2.05, 4.69) is 5.32 Å². The van der Waals surface area contributed by atoms with Gasteiger partial charge in [0.15, 0.2) is 0 Å². The summed E-state index contributed by atoms with van der Waals surface area (Å²) < 4.78 is 12.0. The van der Waals surface area contributed by atoms with Gasteiger partial charge in [0.2, 0.25) is 0 Å². The van der Waals surface area contributed by atoms with Crippen molar-refractivity contribution < 1.29 is 4.39 Å². The second kappa shape index (κ2) is 2.67. The Morgan fingerprint density at radius 1 is 1.78 bits per heavy atom. The zero-order valence-electron chi connectivity index (χ0n) is 5.45. The highest BCUT2D eigenvalue weighted by molar-refractivity contribution is 5.26. The lowest BCUT2D eigenvalue weighted by Gasteiger charge is -2.11. The first-order chi connectivity index (χ1) is 4.34. The molecule has 0 saturated heterocycles. The summed E-state index contributed by atoms with van der Waals surface area (Å²) in [5, 5.41) is 2.94. The quantitative estimate of drug-likeness (QED) is 0.561. The lowest BCUT2D eigenvalue weighted by molar-refractivity contribution is 0.518. The van der Waals surface area contributed by atoms with Gasteiger partial charge in [0.1, 0.15) is 6.67 Å². The summed E-state index contributed by atoms with van der Waals surface area (Å²) in [6, 6.07) is 0. The summed E-state index contributed by atoms with van der Waals surface area (Å²) in [6.45, 7) is 2.28. The van der Waals surface area contributed by atoms with E-state index in [0.29, 0.717) is 0 Å². The van der Waals surface area contributed by atoms with Crippen LogP contribution in [0.3, 0.4) is 0 Å². The maximum absolute atomic E-state index is 12.0. The van der Waals surface area contributed by atoms with Crippen LogP contribution in [0.4, 0.5) is 4.39 Å². The second-order valence-corrected chi connectivity index (χ2v) is 2.08. The maximum Gasteiger partial charge on any atom is 0.129 e. The van der Waals surface area contributed by atoms with Crippen molar-refractivity contribution in [1.29, 1.82) is 0 Å². The Hall–Kier alpha value is -0.790. The van der Waals surface area contributed by atoms with Gasteiger partial charge in [-0.3, -0.25) is 0 Å². The Morgan fingerprint density at radius 3 is 3.00 bits per heavy atom. The van der Waals surface area contributed by atoms with Gasteiger partial charge in [0, 0.05) is 12.2 Å². The Kier molecular flexibility index (Phi) is 1.88. The van der Waals surface area contributed by atoms with Crippen LogP contribution < -0.4 is 5.32 Å². The van der Waals surface area contributed by atoms with Gasteiger partial charge in [-0.1, -0.05) is 12.2 Å². The zero-order chi connectivity index (χ0) is 6.69. The molecule has 9 heavy (non-hydrogen) atoms. The molecular weight excluding hydrogens is 117 g/mol. The monoisotopic (exact) mass is 127 g/mol. The number of allylic oxidation sites excluding steroid dienone is 3. The highest BCUT2D eigenvalue weighted by atomic mass is 19.1. The van der Waals surface area contributed by atoms with Crippen LogP contribution in [0.2, 0.25) is 0 Å². The largest absolute Gasteiger partial charge is 0.383 e. The molecule has 1 nitrogen and oxygen atoms in total. The first kappa shape index (κ1) is 6.33. The van der Waals surface area contributed by atoms with Crippen LogP contribution in [-0.4, -0.2) is 13.2 Å². The fraction of sp³-hybridized carbons (Fsp3) is 0.429. The Morgan fingerprint density at radius 2 is 2.56 bits per heavy atom. The summed E-state index contributed by atoms with van der Waals surface area (Å²) in [4.78, 5) is 0. The van der Waals surface area contributed by atoms with Crippen molar-refractivity contribution in [1.82, 2.24) is 5.32 Å². The van der Waals surface area contributed by atoms with Crippen LogP contribution in [0.15, 0.2) is 23.4 Å². The normalized spacial score (nSPS) is 18.0. The molecule has 0 aromatic heterocycles. The number of halogens is 1. The fourth-order valence-corrected chi connectivity index (χ4v) is 0.810. The minimum atomic E-state index is -0.379. The molecule has 0 radical (unpaired) electrons. The first-order valence-corrected chi connectivity index (χ1v) is 3.00. The van der Waals surface area contributed by atoms with E-state index < -0.39 is 0 Å². The zero-order valence-corrected chi connectivity index (χ0v) is 5.45. The molecule has 0 spiro atoms. The predicted octanol–water partition coefficient (Wildman–Crippen LogP) is 1.39. The molecule has 0 aromatic carbocycles. The second-order valence-electron chi connectivity index (χ2n) is 2.08. The van der Waals surface area contributed by atoms with Gasteiger partial charge in [-0.15, -0.1) is 0 Å². The third-order valence-corrected chi connectivity index (χ3v) is 1.41. The summed E-state index contributed by atoms with van der Waals surface area (Å²) >= 11 is 0. The van der Waals surface area contributed by atoms with E-state index in [1.807, 2.05) is 19.1 Å². The van der Waals surface area contributed by atoms with Gasteiger partial charge >= 0.3 is 0 Å². The molecule has 1 rings (SSSR count). The van der Waals surface area contributed by atoms with E-state index in [9.17, 15) is 4.39 Å². The van der Waals surface area contributed by atoms with E-state index in [4.69, 9.17) is 0 Å². The van der Waals surface area contributed by atoms with Crippen LogP contribution in [0, 0.1) is 0 Å². The average Bonchev–Trinajstić information content (AvgIpc) is 1.89. The van der Waals surface area contributed by atoms with E-state index in [-0.39, 0.29) is 6.67 Å². The topological polar surface area (TPSA) is 12.0 Å². The van der Waals surface area contributed by atoms with Crippen LogP contribution in [-0.2, 0) is 0 Å².